The molecule has 168 valence electrons. The van der Waals surface area contributed by atoms with Crippen LogP contribution in [-0.4, -0.2) is 49.2 Å². The molecule has 0 spiro atoms. The summed E-state index contributed by atoms with van der Waals surface area (Å²) in [6.45, 7) is 8.01. The van der Waals surface area contributed by atoms with E-state index >= 15 is 0 Å². The fourth-order valence-corrected chi connectivity index (χ4v) is 5.38. The molecular formula is C21H29N5O3S2. The van der Waals surface area contributed by atoms with Crippen molar-refractivity contribution < 1.29 is 13.7 Å². The van der Waals surface area contributed by atoms with E-state index in [0.717, 1.165) is 22.5 Å². The lowest BCUT2D eigenvalue weighted by molar-refractivity contribution is -0.120. The second-order valence-corrected chi connectivity index (χ2v) is 9.30. The summed E-state index contributed by atoms with van der Waals surface area (Å²) in [7, 11) is 0.342. The standard InChI is InChI=1S/C19H23N5O3S2.C2H6/c1-3-23-11-17(20-12-23)29(26)24-8-6-13(7-9-24)18(25)22-19-21-15-5-4-14(27-2)10-16(15)28-19;1-2/h4-5,10-13H,3,6-9H2,1-2H3,(H,21,22,25);1-2H3. The van der Waals surface area contributed by atoms with Gasteiger partial charge in [0.25, 0.3) is 0 Å². The van der Waals surface area contributed by atoms with Crippen LogP contribution in [0.1, 0.15) is 33.6 Å². The van der Waals surface area contributed by atoms with Gasteiger partial charge >= 0.3 is 0 Å². The summed E-state index contributed by atoms with van der Waals surface area (Å²) in [4.78, 5) is 21.4. The number of fused-ring (bicyclic) bond motifs is 1. The molecule has 10 heteroatoms. The molecule has 1 aromatic carbocycles. The third-order valence-electron chi connectivity index (χ3n) is 5.04. The molecule has 0 radical (unpaired) electrons. The summed E-state index contributed by atoms with van der Waals surface area (Å²) in [5.41, 5.74) is 0.836. The Bertz CT molecular complexity index is 1040. The Balaban J connectivity index is 0.00000132. The minimum Gasteiger partial charge on any atom is -0.497 e. The molecule has 1 N–H and O–H groups in total. The molecule has 1 fully saturated rings. The molecule has 3 aromatic rings. The van der Waals surface area contributed by atoms with Crippen LogP contribution >= 0.6 is 11.3 Å². The predicted molar refractivity (Wildman–Crippen MR) is 125 cm³/mol. The summed E-state index contributed by atoms with van der Waals surface area (Å²) in [5.74, 6) is 0.623. The van der Waals surface area contributed by atoms with Gasteiger partial charge in [-0.2, -0.15) is 0 Å². The Morgan fingerprint density at radius 2 is 2.06 bits per heavy atom. The molecule has 3 heterocycles. The number of imidazole rings is 1. The van der Waals surface area contributed by atoms with E-state index in [4.69, 9.17) is 4.74 Å². The van der Waals surface area contributed by atoms with Crippen LogP contribution in [0.15, 0.2) is 35.7 Å². The third-order valence-corrected chi connectivity index (χ3v) is 7.37. The van der Waals surface area contributed by atoms with Crippen LogP contribution in [0.5, 0.6) is 5.75 Å². The number of aromatic nitrogens is 3. The highest BCUT2D eigenvalue weighted by Gasteiger charge is 2.29. The average Bonchev–Trinajstić information content (AvgIpc) is 3.46. The lowest BCUT2D eigenvalue weighted by Crippen LogP contribution is -2.39. The van der Waals surface area contributed by atoms with Crippen molar-refractivity contribution in [2.45, 2.75) is 45.2 Å². The number of carbonyl (C=O) groups is 1. The lowest BCUT2D eigenvalue weighted by Gasteiger charge is -2.29. The Morgan fingerprint density at radius 3 is 2.71 bits per heavy atom. The maximum atomic E-state index is 12.7. The quantitative estimate of drug-likeness (QED) is 0.598. The number of piperidine rings is 1. The largest absolute Gasteiger partial charge is 0.497 e. The van der Waals surface area contributed by atoms with Crippen molar-refractivity contribution in [1.29, 1.82) is 0 Å². The molecule has 4 rings (SSSR count). The van der Waals surface area contributed by atoms with Crippen molar-refractivity contribution in [3.63, 3.8) is 0 Å². The van der Waals surface area contributed by atoms with Gasteiger partial charge in [-0.3, -0.25) is 4.79 Å². The smallest absolute Gasteiger partial charge is 0.229 e. The molecule has 0 bridgehead atoms. The van der Waals surface area contributed by atoms with E-state index in [-0.39, 0.29) is 11.8 Å². The summed E-state index contributed by atoms with van der Waals surface area (Å²) in [6, 6.07) is 5.65. The molecular weight excluding hydrogens is 434 g/mol. The first-order chi connectivity index (χ1) is 15.1. The second kappa shape index (κ2) is 10.8. The van der Waals surface area contributed by atoms with E-state index in [0.29, 0.717) is 36.1 Å². The Hall–Kier alpha value is -2.30. The molecule has 2 aromatic heterocycles. The number of carbonyl (C=O) groups excluding carboxylic acids is 1. The van der Waals surface area contributed by atoms with Gasteiger partial charge in [0.05, 0.1) is 23.7 Å². The van der Waals surface area contributed by atoms with E-state index < -0.39 is 11.0 Å². The van der Waals surface area contributed by atoms with Crippen molar-refractivity contribution in [3.8, 4) is 5.75 Å². The fourth-order valence-electron chi connectivity index (χ4n) is 3.31. The number of aryl methyl sites for hydroxylation is 1. The van der Waals surface area contributed by atoms with Crippen LogP contribution in [-0.2, 0) is 22.3 Å². The summed E-state index contributed by atoms with van der Waals surface area (Å²) >= 11 is 1.43. The van der Waals surface area contributed by atoms with Crippen molar-refractivity contribution in [2.24, 2.45) is 5.92 Å². The maximum Gasteiger partial charge on any atom is 0.229 e. The molecule has 0 aliphatic carbocycles. The second-order valence-electron chi connectivity index (χ2n) is 6.84. The number of benzene rings is 1. The number of methoxy groups -OCH3 is 1. The highest BCUT2D eigenvalue weighted by Crippen LogP contribution is 2.30. The van der Waals surface area contributed by atoms with Crippen LogP contribution in [0.4, 0.5) is 5.13 Å². The molecule has 1 amide bonds. The number of nitrogens with one attached hydrogen (secondary N) is 1. The third kappa shape index (κ3) is 5.50. The van der Waals surface area contributed by atoms with Crippen molar-refractivity contribution >= 4 is 43.6 Å². The molecule has 1 unspecified atom stereocenters. The fraction of sp³-hybridized carbons (Fsp3) is 0.476. The summed E-state index contributed by atoms with van der Waals surface area (Å²) < 4.78 is 22.7. The minimum absolute atomic E-state index is 0.0308. The molecule has 0 saturated carbocycles. The summed E-state index contributed by atoms with van der Waals surface area (Å²) in [6.07, 6.45) is 4.83. The van der Waals surface area contributed by atoms with E-state index in [1.165, 1.54) is 11.3 Å². The highest BCUT2D eigenvalue weighted by atomic mass is 32.2. The first-order valence-electron chi connectivity index (χ1n) is 10.5. The van der Waals surface area contributed by atoms with Gasteiger partial charge in [-0.25, -0.2) is 18.5 Å². The van der Waals surface area contributed by atoms with Crippen LogP contribution in [0.2, 0.25) is 0 Å². The first kappa shape index (κ1) is 23.4. The van der Waals surface area contributed by atoms with Gasteiger partial charge in [0.1, 0.15) is 16.7 Å². The monoisotopic (exact) mass is 463 g/mol. The zero-order chi connectivity index (χ0) is 22.4. The molecule has 1 aliphatic heterocycles. The van der Waals surface area contributed by atoms with Gasteiger partial charge in [-0.05, 0) is 38.0 Å². The van der Waals surface area contributed by atoms with Crippen molar-refractivity contribution in [1.82, 2.24) is 18.8 Å². The van der Waals surface area contributed by atoms with Crippen LogP contribution in [0.25, 0.3) is 10.2 Å². The molecule has 1 aliphatic rings. The Kier molecular flexibility index (Phi) is 8.16. The Labute approximate surface area is 189 Å². The molecule has 1 saturated heterocycles. The van der Waals surface area contributed by atoms with Gasteiger partial charge in [0.15, 0.2) is 10.2 Å². The van der Waals surface area contributed by atoms with Gasteiger partial charge in [0, 0.05) is 31.7 Å². The van der Waals surface area contributed by atoms with E-state index in [9.17, 15) is 9.00 Å². The summed E-state index contributed by atoms with van der Waals surface area (Å²) in [5, 5.41) is 4.10. The molecule has 31 heavy (non-hydrogen) atoms. The van der Waals surface area contributed by atoms with Crippen LogP contribution in [0, 0.1) is 5.92 Å². The number of ether oxygens (including phenoxy) is 1. The number of amides is 1. The first-order valence-corrected chi connectivity index (χ1v) is 12.4. The zero-order valence-electron chi connectivity index (χ0n) is 18.3. The topological polar surface area (TPSA) is 89.4 Å². The van der Waals surface area contributed by atoms with Crippen molar-refractivity contribution in [3.05, 3.63) is 30.7 Å². The zero-order valence-corrected chi connectivity index (χ0v) is 20.0. The van der Waals surface area contributed by atoms with Crippen molar-refractivity contribution in [2.75, 3.05) is 25.5 Å². The maximum absolute atomic E-state index is 12.7. The van der Waals surface area contributed by atoms with Crippen LogP contribution in [0.3, 0.4) is 0 Å². The number of hydrogen-bond donors (Lipinski definition) is 1. The van der Waals surface area contributed by atoms with Gasteiger partial charge < -0.3 is 14.6 Å². The van der Waals surface area contributed by atoms with E-state index in [1.54, 1.807) is 13.4 Å². The highest BCUT2D eigenvalue weighted by molar-refractivity contribution is 7.82. The number of anilines is 1. The van der Waals surface area contributed by atoms with Crippen LogP contribution < -0.4 is 10.1 Å². The number of rotatable bonds is 6. The van der Waals surface area contributed by atoms with Gasteiger partial charge in [0.2, 0.25) is 5.91 Å². The van der Waals surface area contributed by atoms with E-state index in [2.05, 4.69) is 15.3 Å². The number of thiazole rings is 1. The molecule has 1 atom stereocenters. The van der Waals surface area contributed by atoms with E-state index in [1.807, 2.05) is 54.0 Å². The SMILES string of the molecule is CC.CCn1cnc(S(=O)N2CCC(C(=O)Nc3nc4ccc(OC)cc4s3)CC2)c1. The average molecular weight is 464 g/mol. The lowest BCUT2D eigenvalue weighted by atomic mass is 9.97. The normalized spacial score (nSPS) is 15.9. The molecule has 8 nitrogen and oxygen atoms in total. The Morgan fingerprint density at radius 1 is 1.32 bits per heavy atom. The predicted octanol–water partition coefficient (Wildman–Crippen LogP) is 3.92. The van der Waals surface area contributed by atoms with Gasteiger partial charge in [-0.1, -0.05) is 25.2 Å². The van der Waals surface area contributed by atoms with Gasteiger partial charge in [-0.15, -0.1) is 0 Å². The number of nitrogens with zero attached hydrogens (tertiary/aromatic N) is 4. The minimum atomic E-state index is -1.28. The number of hydrogen-bond acceptors (Lipinski definition) is 6.